The van der Waals surface area contributed by atoms with Crippen molar-refractivity contribution in [2.75, 3.05) is 0 Å². The summed E-state index contributed by atoms with van der Waals surface area (Å²) in [5.41, 5.74) is 0. The second-order valence-electron chi connectivity index (χ2n) is 3.30. The molecule has 0 amide bonds. The number of carbonyl (C=O) groups is 2. The van der Waals surface area contributed by atoms with Gasteiger partial charge in [-0.3, -0.25) is 0 Å². The summed E-state index contributed by atoms with van der Waals surface area (Å²) in [7, 11) is 0. The first-order valence-electron chi connectivity index (χ1n) is 4.98. The first kappa shape index (κ1) is 14.1. The minimum atomic E-state index is -1.42. The van der Waals surface area contributed by atoms with Crippen molar-refractivity contribution in [3.8, 4) is 5.75 Å². The van der Waals surface area contributed by atoms with Crippen LogP contribution in [0.3, 0.4) is 0 Å². The summed E-state index contributed by atoms with van der Waals surface area (Å²) < 4.78 is 5.71. The molecular weight excluding hydrogens is 353 g/mol. The van der Waals surface area contributed by atoms with Crippen LogP contribution < -0.4 is 9.09 Å². The molecule has 2 rings (SSSR count). The molecule has 0 radical (unpaired) electrons. The number of hydrogen-bond acceptors (Lipinski definition) is 5. The van der Waals surface area contributed by atoms with Gasteiger partial charge in [-0.1, -0.05) is 0 Å². The van der Waals surface area contributed by atoms with Crippen LogP contribution in [0, 0.1) is 0 Å². The van der Waals surface area contributed by atoms with Gasteiger partial charge in [0, 0.05) is 0 Å². The van der Waals surface area contributed by atoms with Crippen molar-refractivity contribution in [2.24, 2.45) is 0 Å². The predicted molar refractivity (Wildman–Crippen MR) is 73.3 cm³/mol. The maximum atomic E-state index is 12.0. The zero-order chi connectivity index (χ0) is 13.8. The molecule has 2 aromatic rings. The number of ether oxygens (including phenoxy) is 1. The van der Waals surface area contributed by atoms with E-state index in [1.54, 1.807) is 18.2 Å². The van der Waals surface area contributed by atoms with E-state index in [1.807, 2.05) is 0 Å². The van der Waals surface area contributed by atoms with E-state index in [1.165, 1.54) is 23.7 Å². The zero-order valence-corrected chi connectivity index (χ0v) is 13.0. The molecule has 1 atom stereocenters. The van der Waals surface area contributed by atoms with Gasteiger partial charge < -0.3 is 0 Å². The van der Waals surface area contributed by atoms with Crippen molar-refractivity contribution >= 4 is 53.8 Å². The quantitative estimate of drug-likeness (QED) is 0.665. The third-order valence-electron chi connectivity index (χ3n) is 2.03. The van der Waals surface area contributed by atoms with Gasteiger partial charge in [-0.05, 0) is 0 Å². The maximum absolute atomic E-state index is 12.0. The first-order valence-corrected chi connectivity index (χ1v) is 8.27. The molecule has 0 fully saturated rings. The summed E-state index contributed by atoms with van der Waals surface area (Å²) in [5, 5.41) is 8.61. The summed E-state index contributed by atoms with van der Waals surface area (Å²) in [6.07, 6.45) is 1.37. The second-order valence-corrected chi connectivity index (χ2v) is 7.62. The predicted octanol–water partition coefficient (Wildman–Crippen LogP) is 1.76. The number of hydrogen-bond donors (Lipinski definition) is 1. The minimum absolute atomic E-state index is 0.0293. The molecule has 98 valence electrons. The molecule has 8 heteroatoms. The zero-order valence-electron chi connectivity index (χ0n) is 9.29. The molecule has 0 bridgehead atoms. The van der Waals surface area contributed by atoms with Crippen LogP contribution in [0.15, 0.2) is 30.6 Å². The van der Waals surface area contributed by atoms with E-state index in [-0.39, 0.29) is 10.3 Å². The molecule has 2 aromatic heterocycles. The topological polar surface area (TPSA) is 76.5 Å². The fourth-order valence-electron chi connectivity index (χ4n) is 1.28. The van der Waals surface area contributed by atoms with Crippen molar-refractivity contribution in [3.05, 3.63) is 39.8 Å². The van der Waals surface area contributed by atoms with Gasteiger partial charge >= 0.3 is 124 Å². The number of halogens is 1. The first-order chi connectivity index (χ1) is 9.06. The third-order valence-corrected chi connectivity index (χ3v) is 6.11. The van der Waals surface area contributed by atoms with Crippen molar-refractivity contribution < 1.29 is 19.4 Å². The van der Waals surface area contributed by atoms with E-state index < -0.39 is 21.9 Å². The Bertz CT molecular complexity index is 631. The Morgan fingerprint density at radius 1 is 1.37 bits per heavy atom. The molecule has 2 heterocycles. The van der Waals surface area contributed by atoms with Gasteiger partial charge in [-0.25, -0.2) is 0 Å². The SMILES string of the molecule is O=C(O)Oc1cnccc1[AsH]C(=O)c1ccc(Cl)s1. The van der Waals surface area contributed by atoms with Gasteiger partial charge in [0.15, 0.2) is 0 Å². The van der Waals surface area contributed by atoms with Crippen LogP contribution >= 0.6 is 22.9 Å². The fourth-order valence-corrected chi connectivity index (χ4v) is 4.53. The van der Waals surface area contributed by atoms with E-state index in [4.69, 9.17) is 16.7 Å². The standard InChI is InChI=1S/C11H7AsClNO4S/c13-9-2-1-8(19-9)10(15)12-6-3-4-14-5-7(6)18-11(16)17/h1-5,12H,(H,16,17). The van der Waals surface area contributed by atoms with Crippen molar-refractivity contribution in [1.82, 2.24) is 4.98 Å². The van der Waals surface area contributed by atoms with Crippen molar-refractivity contribution in [2.45, 2.75) is 0 Å². The van der Waals surface area contributed by atoms with E-state index in [0.717, 1.165) is 0 Å². The number of rotatable bonds is 4. The molecule has 5 nitrogen and oxygen atoms in total. The van der Waals surface area contributed by atoms with Crippen LogP contribution in [0.25, 0.3) is 0 Å². The Morgan fingerprint density at radius 3 is 2.79 bits per heavy atom. The van der Waals surface area contributed by atoms with E-state index in [9.17, 15) is 9.59 Å². The Hall–Kier alpha value is -1.36. The fraction of sp³-hybridized carbons (Fsp3) is 0. The molecule has 0 aliphatic rings. The average Bonchev–Trinajstić information content (AvgIpc) is 2.78. The average molecular weight is 360 g/mol. The van der Waals surface area contributed by atoms with Gasteiger partial charge in [0.2, 0.25) is 0 Å². The molecule has 1 N–H and O–H groups in total. The normalized spacial score (nSPS) is 10.8. The van der Waals surface area contributed by atoms with Crippen LogP contribution in [-0.2, 0) is 0 Å². The molecule has 0 aliphatic heterocycles. The Balaban J connectivity index is 2.19. The molecule has 0 saturated carbocycles. The summed E-state index contributed by atoms with van der Waals surface area (Å²) in [6, 6.07) is 4.93. The third kappa shape index (κ3) is 3.80. The summed E-state index contributed by atoms with van der Waals surface area (Å²) >= 11 is 5.76. The number of carbonyl (C=O) groups excluding carboxylic acids is 1. The Morgan fingerprint density at radius 2 is 2.16 bits per heavy atom. The van der Waals surface area contributed by atoms with Crippen LogP contribution in [0.4, 0.5) is 4.79 Å². The van der Waals surface area contributed by atoms with Gasteiger partial charge in [0.25, 0.3) is 0 Å². The van der Waals surface area contributed by atoms with Crippen molar-refractivity contribution in [1.29, 1.82) is 0 Å². The number of thiophene rings is 1. The molecule has 1 unspecified atom stereocenters. The van der Waals surface area contributed by atoms with Crippen molar-refractivity contribution in [3.63, 3.8) is 0 Å². The van der Waals surface area contributed by atoms with Crippen LogP contribution in [0.5, 0.6) is 5.75 Å². The van der Waals surface area contributed by atoms with Gasteiger partial charge in [0.1, 0.15) is 0 Å². The van der Waals surface area contributed by atoms with Gasteiger partial charge in [-0.2, -0.15) is 0 Å². The molecule has 0 saturated heterocycles. The van der Waals surface area contributed by atoms with Crippen LogP contribution in [0.2, 0.25) is 4.34 Å². The summed E-state index contributed by atoms with van der Waals surface area (Å²) in [6.45, 7) is 0. The van der Waals surface area contributed by atoms with Gasteiger partial charge in [0.05, 0.1) is 0 Å². The molecular formula is C11H7AsClNO4S. The van der Waals surface area contributed by atoms with E-state index in [2.05, 4.69) is 9.72 Å². The Labute approximate surface area is 123 Å². The van der Waals surface area contributed by atoms with Gasteiger partial charge in [-0.15, -0.1) is 0 Å². The molecule has 0 aromatic carbocycles. The number of aromatic nitrogens is 1. The molecule has 19 heavy (non-hydrogen) atoms. The molecule has 0 aliphatic carbocycles. The second kappa shape index (κ2) is 6.19. The van der Waals surface area contributed by atoms with Crippen LogP contribution in [0.1, 0.15) is 9.67 Å². The summed E-state index contributed by atoms with van der Waals surface area (Å²) in [5.74, 6) is 0.117. The Kier molecular flexibility index (Phi) is 4.58. The number of pyridine rings is 1. The number of nitrogens with zero attached hydrogens (tertiary/aromatic N) is 1. The summed E-state index contributed by atoms with van der Waals surface area (Å²) in [4.78, 5) is 26.9. The van der Waals surface area contributed by atoms with E-state index in [0.29, 0.717) is 13.6 Å². The van der Waals surface area contributed by atoms with Crippen LogP contribution in [-0.4, -0.2) is 36.6 Å². The number of carboxylic acid groups (broad SMARTS) is 1. The molecule has 0 spiro atoms. The van der Waals surface area contributed by atoms with E-state index >= 15 is 0 Å². The monoisotopic (exact) mass is 359 g/mol.